The van der Waals surface area contributed by atoms with Crippen molar-refractivity contribution in [2.24, 2.45) is 0 Å². The maximum Gasteiger partial charge on any atom is 0.484 e. The molecule has 1 aliphatic heterocycles. The summed E-state index contributed by atoms with van der Waals surface area (Å²) in [5.74, 6) is 0. The van der Waals surface area contributed by atoms with E-state index in [9.17, 15) is 26.3 Å². The number of hydrogen-bond donors (Lipinski definition) is 0. The first-order chi connectivity index (χ1) is 6.64. The van der Waals surface area contributed by atoms with E-state index < -0.39 is 29.2 Å². The van der Waals surface area contributed by atoms with Crippen molar-refractivity contribution in [1.29, 1.82) is 0 Å². The molecule has 0 fully saturated rings. The van der Waals surface area contributed by atoms with Gasteiger partial charge in [0.05, 0.1) is 16.6 Å². The second-order valence-corrected chi connectivity index (χ2v) is 2.69. The van der Waals surface area contributed by atoms with Crippen LogP contribution in [0.25, 0.3) is 0 Å². The van der Waals surface area contributed by atoms with Gasteiger partial charge >= 0.3 is 24.3 Å². The first-order valence-corrected chi connectivity index (χ1v) is 3.58. The molecule has 81 valence electrons. The molecule has 0 spiro atoms. The van der Waals surface area contributed by atoms with Crippen molar-refractivity contribution in [3.05, 3.63) is 22.9 Å². The molecule has 1 aliphatic rings. The quantitative estimate of drug-likeness (QED) is 0.564. The van der Waals surface area contributed by atoms with E-state index in [-0.39, 0.29) is 0 Å². The van der Waals surface area contributed by atoms with Crippen molar-refractivity contribution in [3.63, 3.8) is 0 Å². The Kier molecular flexibility index (Phi) is 2.67. The van der Waals surface area contributed by atoms with Crippen LogP contribution in [0.1, 0.15) is 6.92 Å². The van der Waals surface area contributed by atoms with E-state index in [0.717, 1.165) is 0 Å². The maximum absolute atomic E-state index is 12.2. The first kappa shape index (κ1) is 11.8. The molecule has 1 rings (SSSR count). The number of halogens is 6. The molecule has 0 unspecified atom stereocenters. The number of aliphatic imine (C=N–C) groups is 1. The van der Waals surface area contributed by atoms with Crippen LogP contribution in [0.15, 0.2) is 16.8 Å². The first-order valence-electron chi connectivity index (χ1n) is 3.58. The fraction of sp³-hybridized carbons (Fsp3) is 0.375. The molecule has 0 bridgehead atoms. The minimum atomic E-state index is -4.92. The lowest BCUT2D eigenvalue weighted by Gasteiger charge is -2.11. The van der Waals surface area contributed by atoms with Crippen molar-refractivity contribution in [2.45, 2.75) is 19.3 Å². The van der Waals surface area contributed by atoms with E-state index >= 15 is 0 Å². The van der Waals surface area contributed by atoms with Gasteiger partial charge in [0.1, 0.15) is 0 Å². The van der Waals surface area contributed by atoms with Gasteiger partial charge in [-0.3, -0.25) is 0 Å². The lowest BCUT2D eigenvalue weighted by atomic mass is 10.0. The smallest absolute Gasteiger partial charge is 0.166 e. The molecule has 1 nitrogen and oxygen atoms in total. The van der Waals surface area contributed by atoms with Crippen LogP contribution in [-0.2, 0) is 0 Å². The van der Waals surface area contributed by atoms with Crippen molar-refractivity contribution in [3.8, 4) is 0 Å². The summed E-state index contributed by atoms with van der Waals surface area (Å²) in [5.41, 5.74) is -4.08. The highest BCUT2D eigenvalue weighted by Crippen LogP contribution is 2.36. The third kappa shape index (κ3) is 2.40. The average molecular weight is 227 g/mol. The van der Waals surface area contributed by atoms with Gasteiger partial charge in [0.15, 0.2) is 0 Å². The number of nitrogens with zero attached hydrogens (tertiary/aromatic N) is 1. The van der Waals surface area contributed by atoms with Gasteiger partial charge in [0, 0.05) is 5.57 Å². The Balaban J connectivity index is 3.25. The Hall–Kier alpha value is -1.27. The normalized spacial score (nSPS) is 18.2. The van der Waals surface area contributed by atoms with E-state index in [1.807, 2.05) is 0 Å². The van der Waals surface area contributed by atoms with Crippen LogP contribution in [0.5, 0.6) is 0 Å². The lowest BCUT2D eigenvalue weighted by Crippen LogP contribution is -2.25. The number of allylic oxidation sites excluding steroid dienone is 4. The third-order valence-corrected chi connectivity index (χ3v) is 1.63. The molecule has 3 radical (unpaired) electrons. The molecular weight excluding hydrogens is 224 g/mol. The summed E-state index contributed by atoms with van der Waals surface area (Å²) in [4.78, 5) is 2.72. The van der Waals surface area contributed by atoms with E-state index in [0.29, 0.717) is 6.92 Å². The molecule has 0 aromatic rings. The summed E-state index contributed by atoms with van der Waals surface area (Å²) in [6.45, 7) is 0.697. The summed E-state index contributed by atoms with van der Waals surface area (Å²) in [5, 5.41) is 0. The van der Waals surface area contributed by atoms with E-state index in [1.54, 1.807) is 0 Å². The third-order valence-electron chi connectivity index (χ3n) is 1.63. The van der Waals surface area contributed by atoms with Crippen molar-refractivity contribution < 1.29 is 26.3 Å². The fourth-order valence-corrected chi connectivity index (χ4v) is 0.995. The van der Waals surface area contributed by atoms with Crippen molar-refractivity contribution in [1.82, 2.24) is 4.99 Å². The van der Waals surface area contributed by atoms with Crippen LogP contribution in [0.2, 0.25) is 0 Å². The van der Waals surface area contributed by atoms with Crippen LogP contribution in [0.4, 0.5) is 26.3 Å². The lowest BCUT2D eigenvalue weighted by molar-refractivity contribution is -0.0997. The molecule has 0 saturated heterocycles. The number of rotatable bonds is 0. The van der Waals surface area contributed by atoms with E-state index in [2.05, 4.69) is 4.99 Å². The monoisotopic (exact) mass is 227 g/mol. The van der Waals surface area contributed by atoms with Crippen molar-refractivity contribution >= 4 is 6.21 Å². The largest absolute Gasteiger partial charge is 0.484 e. The fourth-order valence-electron chi connectivity index (χ4n) is 0.995. The summed E-state index contributed by atoms with van der Waals surface area (Å²) in [6, 6.07) is 0. The highest BCUT2D eigenvalue weighted by Gasteiger charge is 2.50. The van der Waals surface area contributed by atoms with Gasteiger partial charge in [-0.25, -0.2) is 0 Å². The Bertz CT molecular complexity index is 354. The minimum Gasteiger partial charge on any atom is -0.166 e. The van der Waals surface area contributed by atoms with Crippen LogP contribution in [0, 0.1) is 6.08 Å². The van der Waals surface area contributed by atoms with Gasteiger partial charge < -0.3 is 0 Å². The highest BCUT2D eigenvalue weighted by molar-refractivity contribution is 5.72. The molecule has 0 aliphatic carbocycles. The topological polar surface area (TPSA) is 14.1 Å². The molecule has 0 N–H and O–H groups in total. The molecule has 0 aromatic heterocycles. The second-order valence-electron chi connectivity index (χ2n) is 2.69. The minimum absolute atomic E-state index is 0.697. The maximum atomic E-state index is 12.2. The van der Waals surface area contributed by atoms with Gasteiger partial charge in [-0.05, 0) is 6.92 Å². The molecule has 1 heterocycles. The van der Waals surface area contributed by atoms with E-state index in [4.69, 9.17) is 0 Å². The Morgan fingerprint density at radius 1 is 1.00 bits per heavy atom. The van der Waals surface area contributed by atoms with Crippen molar-refractivity contribution in [2.75, 3.05) is 0 Å². The van der Waals surface area contributed by atoms with Gasteiger partial charge in [-0.1, -0.05) is 0 Å². The predicted molar refractivity (Wildman–Crippen MR) is 38.7 cm³/mol. The summed E-state index contributed by atoms with van der Waals surface area (Å²) >= 11 is 0. The zero-order valence-corrected chi connectivity index (χ0v) is 7.22. The zero-order valence-electron chi connectivity index (χ0n) is 7.22. The van der Waals surface area contributed by atoms with Crippen LogP contribution >= 0.6 is 0 Å². The van der Waals surface area contributed by atoms with Crippen LogP contribution in [0.3, 0.4) is 0 Å². The van der Waals surface area contributed by atoms with Gasteiger partial charge in [-0.2, -0.15) is 26.3 Å². The Morgan fingerprint density at radius 2 is 1.53 bits per heavy atom. The average Bonchev–Trinajstić information content (AvgIpc) is 1.99. The standard InChI is InChI=1S/C8H3F6N/c1-4-5(7(9,10)11)2-3-15-6(4)8(12,13)14/h1H3/q+1. The number of alkyl halides is 6. The van der Waals surface area contributed by atoms with Gasteiger partial charge in [-0.15, -0.1) is 0 Å². The van der Waals surface area contributed by atoms with Crippen LogP contribution in [-0.4, -0.2) is 18.6 Å². The summed E-state index contributed by atoms with van der Waals surface area (Å²) in [7, 11) is 0. The predicted octanol–water partition coefficient (Wildman–Crippen LogP) is 2.41. The SMILES string of the molecule is CC1=C(C(F)(F)F)[N+]=[C][C]=C1C(F)(F)F. The molecule has 0 atom stereocenters. The number of hydrogen-bond acceptors (Lipinski definition) is 1. The summed E-state index contributed by atoms with van der Waals surface area (Å²) in [6.07, 6.45) is -6.81. The van der Waals surface area contributed by atoms with Gasteiger partial charge in [0.25, 0.3) is 0 Å². The molecule has 0 saturated carbocycles. The Morgan fingerprint density at radius 3 is 1.93 bits per heavy atom. The molecule has 0 amide bonds. The molecular formula is C8H3F6N+. The highest BCUT2D eigenvalue weighted by atomic mass is 19.4. The van der Waals surface area contributed by atoms with E-state index in [1.165, 1.54) is 12.3 Å². The molecule has 7 heteroatoms. The molecule has 15 heavy (non-hydrogen) atoms. The summed E-state index contributed by atoms with van der Waals surface area (Å²) < 4.78 is 73.0. The second kappa shape index (κ2) is 3.39. The van der Waals surface area contributed by atoms with Crippen LogP contribution < -0.4 is 4.99 Å². The zero-order chi connectivity index (χ0) is 11.9. The Labute approximate surface area is 80.8 Å². The molecule has 0 aromatic carbocycles. The van der Waals surface area contributed by atoms with Gasteiger partial charge in [0.2, 0.25) is 0 Å².